The number of fused-ring (bicyclic) bond motifs is 1. The van der Waals surface area contributed by atoms with Crippen LogP contribution in [0.2, 0.25) is 0 Å². The highest BCUT2D eigenvalue weighted by molar-refractivity contribution is 5.83. The molecule has 0 bridgehead atoms. The summed E-state index contributed by atoms with van der Waals surface area (Å²) in [5.41, 5.74) is 6.18. The molecule has 1 saturated heterocycles. The highest BCUT2D eigenvalue weighted by Crippen LogP contribution is 2.56. The summed E-state index contributed by atoms with van der Waals surface area (Å²) in [6.07, 6.45) is 7.71. The lowest BCUT2D eigenvalue weighted by atomic mass is 9.71. The van der Waals surface area contributed by atoms with Crippen molar-refractivity contribution in [1.82, 2.24) is 9.88 Å². The Kier molecular flexibility index (Phi) is 9.70. The maximum Gasteiger partial charge on any atom is 0.128 e. The molecule has 2 N–H and O–H groups in total. The molecule has 2 atom stereocenters. The van der Waals surface area contributed by atoms with Crippen LogP contribution in [0.3, 0.4) is 0 Å². The molecule has 5 nitrogen and oxygen atoms in total. The standard InChI is InChI=1S/C41H49FN4O/c1-6-40(5)20-23-46(28-29(40)2)22-10-24-47-36-15-16-37-32(17-21-43-39(37)27-36)25-33-13-14-35(26-38(33)42)45-31(4)41(18-19-41)30(3)44-34-11-8-7-9-12-34/h7-9,11-17,21,26-27,29,44-45H,3-4,6,10,18-20,22-25,28H2,1-2,5H3. The van der Waals surface area contributed by atoms with Crippen molar-refractivity contribution in [2.45, 2.75) is 59.3 Å². The third-order valence-electron chi connectivity index (χ3n) is 10.9. The molecule has 246 valence electrons. The highest BCUT2D eigenvalue weighted by Gasteiger charge is 2.48. The van der Waals surface area contributed by atoms with E-state index >= 15 is 4.39 Å². The molecule has 1 aromatic heterocycles. The summed E-state index contributed by atoms with van der Waals surface area (Å²) < 4.78 is 21.6. The third-order valence-corrected chi connectivity index (χ3v) is 10.9. The van der Waals surface area contributed by atoms with Gasteiger partial charge in [-0.15, -0.1) is 0 Å². The number of halogens is 1. The van der Waals surface area contributed by atoms with Gasteiger partial charge in [-0.1, -0.05) is 64.6 Å². The van der Waals surface area contributed by atoms with E-state index in [0.29, 0.717) is 29.7 Å². The Labute approximate surface area is 279 Å². The average Bonchev–Trinajstić information content (AvgIpc) is 3.89. The van der Waals surface area contributed by atoms with Crippen LogP contribution in [0.5, 0.6) is 5.75 Å². The maximum atomic E-state index is 15.5. The summed E-state index contributed by atoms with van der Waals surface area (Å²) in [5.74, 6) is 1.30. The molecule has 6 heteroatoms. The van der Waals surface area contributed by atoms with Crippen LogP contribution in [0.4, 0.5) is 15.8 Å². The van der Waals surface area contributed by atoms with Crippen LogP contribution in [0.1, 0.15) is 64.0 Å². The second-order valence-electron chi connectivity index (χ2n) is 13.9. The molecule has 2 aliphatic rings. The van der Waals surface area contributed by atoms with Gasteiger partial charge in [0, 0.05) is 65.3 Å². The summed E-state index contributed by atoms with van der Waals surface area (Å²) in [6.45, 7) is 19.9. The summed E-state index contributed by atoms with van der Waals surface area (Å²) in [4.78, 5) is 7.19. The van der Waals surface area contributed by atoms with Gasteiger partial charge in [0.1, 0.15) is 11.6 Å². The van der Waals surface area contributed by atoms with Gasteiger partial charge < -0.3 is 20.3 Å². The molecule has 2 unspecified atom stereocenters. The predicted octanol–water partition coefficient (Wildman–Crippen LogP) is 9.82. The van der Waals surface area contributed by atoms with Gasteiger partial charge in [0.25, 0.3) is 0 Å². The third kappa shape index (κ3) is 7.38. The number of ether oxygens (including phenoxy) is 1. The quantitative estimate of drug-likeness (QED) is 0.136. The summed E-state index contributed by atoms with van der Waals surface area (Å²) in [7, 11) is 0. The lowest BCUT2D eigenvalue weighted by Crippen LogP contribution is -2.45. The van der Waals surface area contributed by atoms with E-state index in [1.807, 2.05) is 66.7 Å². The fourth-order valence-electron chi connectivity index (χ4n) is 6.99. The highest BCUT2D eigenvalue weighted by atomic mass is 19.1. The number of aromatic nitrogens is 1. The zero-order valence-corrected chi connectivity index (χ0v) is 28.2. The number of pyridine rings is 1. The van der Waals surface area contributed by atoms with E-state index in [4.69, 9.17) is 4.74 Å². The summed E-state index contributed by atoms with van der Waals surface area (Å²) in [5, 5.41) is 7.80. The number of para-hydroxylation sites is 1. The smallest absolute Gasteiger partial charge is 0.128 e. The number of nitrogens with zero attached hydrogens (tertiary/aromatic N) is 2. The van der Waals surface area contributed by atoms with Crippen LogP contribution in [-0.4, -0.2) is 36.1 Å². The van der Waals surface area contributed by atoms with Gasteiger partial charge in [-0.2, -0.15) is 0 Å². The van der Waals surface area contributed by atoms with Gasteiger partial charge in [-0.05, 0) is 97.2 Å². The summed E-state index contributed by atoms with van der Waals surface area (Å²) in [6, 6.07) is 23.4. The zero-order valence-electron chi connectivity index (χ0n) is 28.2. The molecule has 6 rings (SSSR count). The molecular formula is C41H49FN4O. The van der Waals surface area contributed by atoms with Crippen molar-refractivity contribution in [2.24, 2.45) is 16.7 Å². The van der Waals surface area contributed by atoms with Crippen LogP contribution in [0, 0.1) is 22.6 Å². The minimum atomic E-state index is -0.249. The lowest BCUT2D eigenvalue weighted by Gasteiger charge is -2.44. The van der Waals surface area contributed by atoms with E-state index in [1.165, 1.54) is 25.9 Å². The fraction of sp³-hybridized carbons (Fsp3) is 0.390. The Morgan fingerprint density at radius 1 is 0.957 bits per heavy atom. The first-order valence-corrected chi connectivity index (χ1v) is 17.2. The molecule has 1 saturated carbocycles. The number of hydrogen-bond acceptors (Lipinski definition) is 5. The Hall–Kier alpha value is -4.16. The fourth-order valence-corrected chi connectivity index (χ4v) is 6.99. The van der Waals surface area contributed by atoms with Crippen molar-refractivity contribution in [3.63, 3.8) is 0 Å². The number of rotatable bonds is 14. The molecule has 0 radical (unpaired) electrons. The number of piperidine rings is 1. The van der Waals surface area contributed by atoms with E-state index in [9.17, 15) is 0 Å². The number of anilines is 2. The average molecular weight is 633 g/mol. The van der Waals surface area contributed by atoms with Crippen LogP contribution in [0.25, 0.3) is 10.9 Å². The molecule has 3 aromatic carbocycles. The van der Waals surface area contributed by atoms with Crippen molar-refractivity contribution in [3.8, 4) is 5.75 Å². The van der Waals surface area contributed by atoms with E-state index in [1.54, 1.807) is 12.3 Å². The second-order valence-corrected chi connectivity index (χ2v) is 13.9. The van der Waals surface area contributed by atoms with Crippen LogP contribution < -0.4 is 15.4 Å². The Bertz CT molecular complexity index is 1730. The predicted molar refractivity (Wildman–Crippen MR) is 193 cm³/mol. The van der Waals surface area contributed by atoms with E-state index in [0.717, 1.165) is 71.0 Å². The molecular weight excluding hydrogens is 583 g/mol. The Morgan fingerprint density at radius 2 is 1.72 bits per heavy atom. The van der Waals surface area contributed by atoms with Crippen molar-refractivity contribution in [3.05, 3.63) is 120 Å². The van der Waals surface area contributed by atoms with Crippen LogP contribution >= 0.6 is 0 Å². The minimum absolute atomic E-state index is 0.243. The molecule has 2 heterocycles. The molecule has 47 heavy (non-hydrogen) atoms. The molecule has 1 aliphatic carbocycles. The van der Waals surface area contributed by atoms with Crippen LogP contribution in [-0.2, 0) is 6.42 Å². The van der Waals surface area contributed by atoms with Gasteiger partial charge in [-0.25, -0.2) is 4.39 Å². The van der Waals surface area contributed by atoms with Crippen molar-refractivity contribution < 1.29 is 9.13 Å². The first kappa shape index (κ1) is 32.8. The molecule has 2 fully saturated rings. The van der Waals surface area contributed by atoms with Gasteiger partial charge >= 0.3 is 0 Å². The normalized spacial score (nSPS) is 20.5. The first-order chi connectivity index (χ1) is 22.7. The number of likely N-dealkylation sites (tertiary alicyclic amines) is 1. The SMILES string of the molecule is C=C(Nc1ccccc1)C1(C(=C)Nc2ccc(Cc3ccnc4cc(OCCCN5CCC(C)(CC)C(C)C5)ccc34)c(F)c2)CC1. The zero-order chi connectivity index (χ0) is 33.0. The second kappa shape index (κ2) is 13.9. The molecule has 0 amide bonds. The van der Waals surface area contributed by atoms with E-state index < -0.39 is 0 Å². The maximum absolute atomic E-state index is 15.5. The number of hydrogen-bond donors (Lipinski definition) is 2. The van der Waals surface area contributed by atoms with E-state index in [2.05, 4.69) is 54.4 Å². The lowest BCUT2D eigenvalue weighted by molar-refractivity contribution is 0.0509. The topological polar surface area (TPSA) is 49.4 Å². The largest absolute Gasteiger partial charge is 0.493 e. The van der Waals surface area contributed by atoms with Crippen molar-refractivity contribution >= 4 is 22.3 Å². The van der Waals surface area contributed by atoms with E-state index in [-0.39, 0.29) is 11.2 Å². The molecule has 0 spiro atoms. The minimum Gasteiger partial charge on any atom is -0.493 e. The van der Waals surface area contributed by atoms with Crippen molar-refractivity contribution in [1.29, 1.82) is 0 Å². The van der Waals surface area contributed by atoms with Crippen molar-refractivity contribution in [2.75, 3.05) is 36.9 Å². The van der Waals surface area contributed by atoms with Gasteiger partial charge in [0.05, 0.1) is 12.1 Å². The van der Waals surface area contributed by atoms with Gasteiger partial charge in [-0.3, -0.25) is 4.98 Å². The Morgan fingerprint density at radius 3 is 2.43 bits per heavy atom. The molecule has 1 aliphatic heterocycles. The van der Waals surface area contributed by atoms with Gasteiger partial charge in [0.2, 0.25) is 0 Å². The summed E-state index contributed by atoms with van der Waals surface area (Å²) >= 11 is 0. The van der Waals surface area contributed by atoms with Crippen LogP contribution in [0.15, 0.2) is 104 Å². The monoisotopic (exact) mass is 632 g/mol. The number of nitrogens with one attached hydrogen (secondary N) is 2. The first-order valence-electron chi connectivity index (χ1n) is 17.2. The Balaban J connectivity index is 1.03. The van der Waals surface area contributed by atoms with Gasteiger partial charge in [0.15, 0.2) is 0 Å². The molecule has 4 aromatic rings. The number of benzene rings is 3.